The molecule has 5 aliphatic rings. The van der Waals surface area contributed by atoms with Gasteiger partial charge >= 0.3 is 0 Å². The van der Waals surface area contributed by atoms with Crippen LogP contribution in [0.15, 0.2) is 87.3 Å². The Morgan fingerprint density at radius 1 is 0.974 bits per heavy atom. The number of halogens is 4. The summed E-state index contributed by atoms with van der Waals surface area (Å²) in [7, 11) is 0. The summed E-state index contributed by atoms with van der Waals surface area (Å²) in [6, 6.07) is 5.45. The third-order valence-electron chi connectivity index (χ3n) is 8.62. The number of fused-ring (bicyclic) bond motifs is 2. The van der Waals surface area contributed by atoms with E-state index in [1.807, 2.05) is 6.20 Å². The average Bonchev–Trinajstić information content (AvgIpc) is 3.37. The first-order valence-electron chi connectivity index (χ1n) is 13.8. The van der Waals surface area contributed by atoms with Gasteiger partial charge in [0.2, 0.25) is 0 Å². The molecule has 0 saturated carbocycles. The Morgan fingerprint density at radius 2 is 1.74 bits per heavy atom. The topological polar surface area (TPSA) is 35.9 Å². The summed E-state index contributed by atoms with van der Waals surface area (Å²) in [5.41, 5.74) is 5.27. The van der Waals surface area contributed by atoms with Gasteiger partial charge in [-0.3, -0.25) is 9.79 Å². The molecule has 0 bridgehead atoms. The van der Waals surface area contributed by atoms with Gasteiger partial charge in [-0.2, -0.15) is 0 Å². The van der Waals surface area contributed by atoms with Crippen molar-refractivity contribution in [1.29, 1.82) is 0 Å². The molecule has 39 heavy (non-hydrogen) atoms. The number of allylic oxidation sites excluding steroid dienone is 7. The summed E-state index contributed by atoms with van der Waals surface area (Å²) < 4.78 is 56.3. The van der Waals surface area contributed by atoms with E-state index >= 15 is 0 Å². The van der Waals surface area contributed by atoms with E-state index in [1.54, 1.807) is 17.1 Å². The molecule has 1 aromatic carbocycles. The zero-order valence-corrected chi connectivity index (χ0v) is 21.7. The predicted octanol–water partition coefficient (Wildman–Crippen LogP) is 6.91. The number of likely N-dealkylation sites (tertiary alicyclic amines) is 1. The van der Waals surface area contributed by atoms with Crippen molar-refractivity contribution >= 4 is 11.6 Å². The predicted molar refractivity (Wildman–Crippen MR) is 143 cm³/mol. The van der Waals surface area contributed by atoms with Gasteiger partial charge in [0, 0.05) is 49.0 Å². The Hall–Kier alpha value is -3.26. The van der Waals surface area contributed by atoms with Crippen molar-refractivity contribution in [2.75, 3.05) is 26.2 Å². The molecule has 6 rings (SSSR count). The van der Waals surface area contributed by atoms with Crippen molar-refractivity contribution in [3.05, 3.63) is 93.6 Å². The van der Waals surface area contributed by atoms with Gasteiger partial charge in [-0.25, -0.2) is 17.6 Å². The zero-order valence-electron chi connectivity index (χ0n) is 21.7. The van der Waals surface area contributed by atoms with Crippen molar-refractivity contribution in [2.24, 2.45) is 10.9 Å². The molecular formula is C31H31F4N3O. The highest BCUT2D eigenvalue weighted by Gasteiger charge is 2.36. The maximum atomic E-state index is 14.8. The fourth-order valence-corrected chi connectivity index (χ4v) is 6.48. The zero-order chi connectivity index (χ0) is 27.1. The number of benzene rings is 1. The lowest BCUT2D eigenvalue weighted by Gasteiger charge is -2.38. The molecule has 0 N–H and O–H groups in total. The Labute approximate surface area is 225 Å². The molecule has 3 aliphatic heterocycles. The largest absolute Gasteiger partial charge is 0.311 e. The van der Waals surface area contributed by atoms with Crippen molar-refractivity contribution in [1.82, 2.24) is 9.80 Å². The van der Waals surface area contributed by atoms with Gasteiger partial charge in [-0.15, -0.1) is 0 Å². The first kappa shape index (κ1) is 26.0. The Bertz CT molecular complexity index is 1360. The minimum absolute atomic E-state index is 0.0724. The first-order valence-corrected chi connectivity index (χ1v) is 13.8. The monoisotopic (exact) mass is 537 g/mol. The van der Waals surface area contributed by atoms with Crippen LogP contribution in [0, 0.1) is 11.7 Å². The van der Waals surface area contributed by atoms with Gasteiger partial charge in [0.1, 0.15) is 17.5 Å². The van der Waals surface area contributed by atoms with Crippen LogP contribution in [0.4, 0.5) is 17.6 Å². The quantitative estimate of drug-likeness (QED) is 0.383. The molecule has 1 amide bonds. The second-order valence-corrected chi connectivity index (χ2v) is 10.8. The number of carbonyl (C=O) groups excluding carboxylic acids is 1. The minimum atomic E-state index is -1.58. The van der Waals surface area contributed by atoms with Crippen LogP contribution < -0.4 is 0 Å². The normalized spacial score (nSPS) is 24.2. The lowest BCUT2D eigenvalue weighted by molar-refractivity contribution is 0.0787. The smallest absolute Gasteiger partial charge is 0.258 e. The summed E-state index contributed by atoms with van der Waals surface area (Å²) in [5.74, 6) is -1.25. The first-order chi connectivity index (χ1) is 18.9. The molecule has 1 fully saturated rings. The molecule has 4 nitrogen and oxygen atoms in total. The van der Waals surface area contributed by atoms with Gasteiger partial charge in [0.15, 0.2) is 6.17 Å². The van der Waals surface area contributed by atoms with E-state index in [9.17, 15) is 22.4 Å². The lowest BCUT2D eigenvalue weighted by atomic mass is 9.83. The van der Waals surface area contributed by atoms with E-state index in [4.69, 9.17) is 0 Å². The Morgan fingerprint density at radius 3 is 2.51 bits per heavy atom. The van der Waals surface area contributed by atoms with E-state index in [-0.39, 0.29) is 31.1 Å². The summed E-state index contributed by atoms with van der Waals surface area (Å²) in [6.07, 6.45) is 7.11. The van der Waals surface area contributed by atoms with Crippen LogP contribution >= 0.6 is 0 Å². The number of hydrogen-bond acceptors (Lipinski definition) is 3. The highest BCUT2D eigenvalue weighted by atomic mass is 19.2. The molecular weight excluding hydrogens is 506 g/mol. The SMILES string of the molecule is O=C(c1ccc(F)cc1)N1CCC2=C(F)C(F)CCC2=C1CCN1CCC(C2=CN=C3CC=C(F)C=C23)CC1. The third-order valence-corrected chi connectivity index (χ3v) is 8.62. The van der Waals surface area contributed by atoms with Crippen LogP contribution in [0.2, 0.25) is 0 Å². The van der Waals surface area contributed by atoms with E-state index in [0.29, 0.717) is 42.9 Å². The number of rotatable bonds is 5. The summed E-state index contributed by atoms with van der Waals surface area (Å²) in [4.78, 5) is 22.0. The molecule has 1 aromatic rings. The maximum absolute atomic E-state index is 14.8. The number of hydrogen-bond donors (Lipinski definition) is 0. The molecule has 1 unspecified atom stereocenters. The van der Waals surface area contributed by atoms with Crippen LogP contribution in [0.5, 0.6) is 0 Å². The van der Waals surface area contributed by atoms with E-state index in [2.05, 4.69) is 9.89 Å². The van der Waals surface area contributed by atoms with Crippen LogP contribution in [0.1, 0.15) is 55.3 Å². The van der Waals surface area contributed by atoms with Crippen LogP contribution in [0.25, 0.3) is 0 Å². The molecule has 8 heteroatoms. The fraction of sp³-hybridized carbons (Fsp3) is 0.419. The highest BCUT2D eigenvalue weighted by molar-refractivity contribution is 6.08. The lowest BCUT2D eigenvalue weighted by Crippen LogP contribution is -2.40. The maximum Gasteiger partial charge on any atom is 0.258 e. The Kier molecular flexibility index (Phi) is 7.14. The molecule has 0 aromatic heterocycles. The molecule has 2 aliphatic carbocycles. The van der Waals surface area contributed by atoms with Gasteiger partial charge in [0.25, 0.3) is 5.91 Å². The summed E-state index contributed by atoms with van der Waals surface area (Å²) in [6.45, 7) is 2.65. The van der Waals surface area contributed by atoms with Crippen LogP contribution in [-0.2, 0) is 0 Å². The second kappa shape index (κ2) is 10.7. The van der Waals surface area contributed by atoms with Gasteiger partial charge in [-0.05, 0) is 104 Å². The third kappa shape index (κ3) is 5.07. The van der Waals surface area contributed by atoms with E-state index < -0.39 is 17.8 Å². The van der Waals surface area contributed by atoms with E-state index in [1.165, 1.54) is 24.3 Å². The number of nitrogens with zero attached hydrogens (tertiary/aromatic N) is 3. The minimum Gasteiger partial charge on any atom is -0.311 e. The summed E-state index contributed by atoms with van der Waals surface area (Å²) in [5, 5.41) is 0. The van der Waals surface area contributed by atoms with Crippen LogP contribution in [0.3, 0.4) is 0 Å². The van der Waals surface area contributed by atoms with Crippen molar-refractivity contribution in [2.45, 2.75) is 51.1 Å². The van der Waals surface area contributed by atoms with Crippen molar-refractivity contribution in [3.8, 4) is 0 Å². The van der Waals surface area contributed by atoms with E-state index in [0.717, 1.165) is 54.1 Å². The number of aliphatic imine (C=N–C) groups is 1. The standard InChI is InChI=1S/C31H31F4N3O/c32-21-3-1-20(2-4-21)31(39)38-16-11-24-23(6-7-27(34)30(24)35)29(38)12-15-37-13-9-19(10-14-37)26-18-36-28-8-5-22(33)17-25(26)28/h1-5,17-19,27H,6-16H2. The molecule has 0 radical (unpaired) electrons. The average molecular weight is 538 g/mol. The molecule has 1 saturated heterocycles. The second-order valence-electron chi connectivity index (χ2n) is 10.8. The van der Waals surface area contributed by atoms with Gasteiger partial charge in [0.05, 0.1) is 5.71 Å². The molecule has 3 heterocycles. The fourth-order valence-electron chi connectivity index (χ4n) is 6.48. The van der Waals surface area contributed by atoms with Crippen molar-refractivity contribution < 1.29 is 22.4 Å². The number of carbonyl (C=O) groups is 1. The summed E-state index contributed by atoms with van der Waals surface area (Å²) >= 11 is 0. The molecule has 204 valence electrons. The molecule has 0 spiro atoms. The number of alkyl halides is 1. The number of piperidine rings is 1. The Balaban J connectivity index is 1.16. The van der Waals surface area contributed by atoms with Gasteiger partial charge < -0.3 is 9.80 Å². The van der Waals surface area contributed by atoms with Crippen LogP contribution in [-0.4, -0.2) is 53.8 Å². The highest BCUT2D eigenvalue weighted by Crippen LogP contribution is 2.42. The molecule has 1 atom stereocenters. The van der Waals surface area contributed by atoms with Crippen molar-refractivity contribution in [3.63, 3.8) is 0 Å². The van der Waals surface area contributed by atoms with Gasteiger partial charge in [-0.1, -0.05) is 0 Å². The number of amides is 1.